The first-order chi connectivity index (χ1) is 9.77. The summed E-state index contributed by atoms with van der Waals surface area (Å²) in [6, 6.07) is 1.60. The van der Waals surface area contributed by atoms with E-state index in [1.54, 1.807) is 0 Å². The number of anilines is 1. The molecule has 0 spiro atoms. The fourth-order valence-electron chi connectivity index (χ4n) is 2.49. The summed E-state index contributed by atoms with van der Waals surface area (Å²) in [6.07, 6.45) is 0.268. The summed E-state index contributed by atoms with van der Waals surface area (Å²) in [5, 5.41) is 0. The number of ether oxygens (including phenoxy) is 1. The molecule has 1 aromatic rings. The number of hydrogen-bond donors (Lipinski definition) is 1. The Bertz CT molecular complexity index is 613. The lowest BCUT2D eigenvalue weighted by molar-refractivity contribution is 0.0183. The third kappa shape index (κ3) is 3.02. The van der Waals surface area contributed by atoms with Crippen molar-refractivity contribution in [1.82, 2.24) is 4.31 Å². The van der Waals surface area contributed by atoms with E-state index in [1.807, 2.05) is 6.92 Å². The minimum Gasteiger partial charge on any atom is -0.399 e. The minimum atomic E-state index is -4.26. The Balaban J connectivity index is 2.39. The van der Waals surface area contributed by atoms with Gasteiger partial charge >= 0.3 is 0 Å². The average molecular weight is 320 g/mol. The molecule has 2 unspecified atom stereocenters. The summed E-state index contributed by atoms with van der Waals surface area (Å²) < 4.78 is 58.9. The molecule has 1 fully saturated rings. The van der Waals surface area contributed by atoms with Gasteiger partial charge in [0, 0.05) is 25.9 Å². The van der Waals surface area contributed by atoms with E-state index in [-0.39, 0.29) is 30.8 Å². The third-order valence-electron chi connectivity index (χ3n) is 3.77. The lowest BCUT2D eigenvalue weighted by Gasteiger charge is -2.35. The molecule has 1 aliphatic heterocycles. The van der Waals surface area contributed by atoms with Crippen LogP contribution in [0.15, 0.2) is 17.0 Å². The van der Waals surface area contributed by atoms with Crippen molar-refractivity contribution in [3.8, 4) is 0 Å². The van der Waals surface area contributed by atoms with Crippen molar-refractivity contribution in [2.24, 2.45) is 5.92 Å². The predicted molar refractivity (Wildman–Crippen MR) is 74.1 cm³/mol. The summed E-state index contributed by atoms with van der Waals surface area (Å²) in [6.45, 7) is 2.22. The fraction of sp³-hybridized carbons (Fsp3) is 0.538. The minimum absolute atomic E-state index is 0.0727. The zero-order valence-corrected chi connectivity index (χ0v) is 12.7. The molecule has 2 N–H and O–H groups in total. The van der Waals surface area contributed by atoms with Crippen LogP contribution in [0.1, 0.15) is 13.3 Å². The van der Waals surface area contributed by atoms with Gasteiger partial charge in [0.05, 0.1) is 6.10 Å². The van der Waals surface area contributed by atoms with Gasteiger partial charge in [-0.05, 0) is 24.5 Å². The van der Waals surface area contributed by atoms with E-state index < -0.39 is 26.6 Å². The lowest BCUT2D eigenvalue weighted by Crippen LogP contribution is -2.46. The number of hydrogen-bond acceptors (Lipinski definition) is 4. The van der Waals surface area contributed by atoms with E-state index in [2.05, 4.69) is 0 Å². The first-order valence-corrected chi connectivity index (χ1v) is 7.99. The topological polar surface area (TPSA) is 72.6 Å². The second-order valence-corrected chi connectivity index (χ2v) is 7.09. The Morgan fingerprint density at radius 3 is 2.43 bits per heavy atom. The van der Waals surface area contributed by atoms with Crippen molar-refractivity contribution >= 4 is 15.7 Å². The van der Waals surface area contributed by atoms with Crippen molar-refractivity contribution in [2.75, 3.05) is 25.9 Å². The summed E-state index contributed by atoms with van der Waals surface area (Å²) >= 11 is 0. The molecule has 8 heteroatoms. The Morgan fingerprint density at radius 2 is 1.90 bits per heavy atom. The number of benzene rings is 1. The summed E-state index contributed by atoms with van der Waals surface area (Å²) in [5.41, 5.74) is 5.14. The van der Waals surface area contributed by atoms with E-state index in [0.29, 0.717) is 6.42 Å². The molecule has 21 heavy (non-hydrogen) atoms. The molecule has 2 rings (SSSR count). The molecule has 0 amide bonds. The highest BCUT2D eigenvalue weighted by atomic mass is 32.2. The molecular formula is C13H18F2N2O3S. The summed E-state index contributed by atoms with van der Waals surface area (Å²) in [4.78, 5) is -0.957. The van der Waals surface area contributed by atoms with E-state index in [4.69, 9.17) is 10.5 Å². The van der Waals surface area contributed by atoms with Crippen LogP contribution in [0.4, 0.5) is 14.5 Å². The molecule has 0 radical (unpaired) electrons. The van der Waals surface area contributed by atoms with E-state index in [9.17, 15) is 17.2 Å². The molecule has 1 aliphatic rings. The largest absolute Gasteiger partial charge is 0.399 e. The molecule has 5 nitrogen and oxygen atoms in total. The molecule has 118 valence electrons. The smallest absolute Gasteiger partial charge is 0.249 e. The summed E-state index contributed by atoms with van der Waals surface area (Å²) in [5.74, 6) is -2.18. The van der Waals surface area contributed by atoms with Gasteiger partial charge in [-0.25, -0.2) is 17.2 Å². The van der Waals surface area contributed by atoms with Crippen LogP contribution in [0.3, 0.4) is 0 Å². The first-order valence-electron chi connectivity index (χ1n) is 6.54. The van der Waals surface area contributed by atoms with Crippen molar-refractivity contribution in [3.63, 3.8) is 0 Å². The molecule has 0 bridgehead atoms. The van der Waals surface area contributed by atoms with Crippen molar-refractivity contribution in [1.29, 1.82) is 0 Å². The van der Waals surface area contributed by atoms with Gasteiger partial charge in [-0.15, -0.1) is 0 Å². The lowest BCUT2D eigenvalue weighted by atomic mass is 9.97. The van der Waals surface area contributed by atoms with Gasteiger partial charge < -0.3 is 10.5 Å². The van der Waals surface area contributed by atoms with Crippen LogP contribution in [-0.4, -0.2) is 39.0 Å². The van der Waals surface area contributed by atoms with Crippen LogP contribution in [0, 0.1) is 17.6 Å². The average Bonchev–Trinajstić information content (AvgIpc) is 2.37. The zero-order valence-electron chi connectivity index (χ0n) is 11.8. The molecular weight excluding hydrogens is 302 g/mol. The monoisotopic (exact) mass is 320 g/mol. The van der Waals surface area contributed by atoms with Crippen molar-refractivity contribution < 1.29 is 21.9 Å². The van der Waals surface area contributed by atoms with Gasteiger partial charge in [-0.3, -0.25) is 0 Å². The number of nitrogen functional groups attached to an aromatic ring is 1. The van der Waals surface area contributed by atoms with Crippen LogP contribution in [-0.2, 0) is 14.8 Å². The molecule has 1 saturated heterocycles. The maximum atomic E-state index is 13.9. The van der Waals surface area contributed by atoms with Gasteiger partial charge in [0.2, 0.25) is 10.0 Å². The standard InChI is InChI=1S/C13H18F2N2O3S/c1-8-3-4-17(7-12(8)20-2)21(18,19)13-10(14)5-9(16)6-11(13)15/h5-6,8,12H,3-4,7,16H2,1-2H3. The molecule has 1 aromatic carbocycles. The molecule has 0 aliphatic carbocycles. The number of nitrogens with two attached hydrogens (primary N) is 1. The van der Waals surface area contributed by atoms with Gasteiger partial charge in [0.15, 0.2) is 4.90 Å². The van der Waals surface area contributed by atoms with Crippen LogP contribution in [0.5, 0.6) is 0 Å². The summed E-state index contributed by atoms with van der Waals surface area (Å²) in [7, 11) is -2.77. The third-order valence-corrected chi connectivity index (χ3v) is 5.69. The van der Waals surface area contributed by atoms with Crippen LogP contribution >= 0.6 is 0 Å². The Labute approximate surface area is 122 Å². The fourth-order valence-corrected chi connectivity index (χ4v) is 4.04. The Hall–Kier alpha value is -1.25. The highest BCUT2D eigenvalue weighted by molar-refractivity contribution is 7.89. The predicted octanol–water partition coefficient (Wildman–Crippen LogP) is 1.59. The molecule has 0 saturated carbocycles. The Kier molecular flexibility index (Phi) is 4.50. The maximum Gasteiger partial charge on any atom is 0.249 e. The Morgan fingerprint density at radius 1 is 1.33 bits per heavy atom. The first kappa shape index (κ1) is 16.1. The quantitative estimate of drug-likeness (QED) is 0.859. The molecule has 1 heterocycles. The van der Waals surface area contributed by atoms with Gasteiger partial charge in [0.25, 0.3) is 0 Å². The number of nitrogens with zero attached hydrogens (tertiary/aromatic N) is 1. The van der Waals surface area contributed by atoms with Crippen molar-refractivity contribution in [2.45, 2.75) is 24.3 Å². The zero-order chi connectivity index (χ0) is 15.8. The van der Waals surface area contributed by atoms with Gasteiger partial charge in [-0.1, -0.05) is 6.92 Å². The van der Waals surface area contributed by atoms with Crippen LogP contribution in [0.2, 0.25) is 0 Å². The molecule has 0 aromatic heterocycles. The maximum absolute atomic E-state index is 13.9. The number of piperidine rings is 1. The normalized spacial score (nSPS) is 24.2. The second kappa shape index (κ2) is 5.86. The van der Waals surface area contributed by atoms with Crippen LogP contribution in [0.25, 0.3) is 0 Å². The van der Waals surface area contributed by atoms with E-state index in [0.717, 1.165) is 16.4 Å². The number of sulfonamides is 1. The van der Waals surface area contributed by atoms with Gasteiger partial charge in [-0.2, -0.15) is 4.31 Å². The van der Waals surface area contributed by atoms with Crippen molar-refractivity contribution in [3.05, 3.63) is 23.8 Å². The number of rotatable bonds is 3. The highest BCUT2D eigenvalue weighted by Gasteiger charge is 2.36. The SMILES string of the molecule is COC1CN(S(=O)(=O)c2c(F)cc(N)cc2F)CCC1C. The highest BCUT2D eigenvalue weighted by Crippen LogP contribution is 2.29. The van der Waals surface area contributed by atoms with Crippen LogP contribution < -0.4 is 5.73 Å². The van der Waals surface area contributed by atoms with E-state index in [1.165, 1.54) is 7.11 Å². The van der Waals surface area contributed by atoms with Gasteiger partial charge in [0.1, 0.15) is 11.6 Å². The number of halogens is 2. The van der Waals surface area contributed by atoms with E-state index >= 15 is 0 Å². The molecule has 2 atom stereocenters. The number of methoxy groups -OCH3 is 1. The second-order valence-electron chi connectivity index (χ2n) is 5.22.